The van der Waals surface area contributed by atoms with Crippen LogP contribution >= 0.6 is 0 Å². The average Bonchev–Trinajstić information content (AvgIpc) is 2.96. The number of aromatic nitrogens is 4. The first kappa shape index (κ1) is 20.3. The number of anilines is 3. The van der Waals surface area contributed by atoms with Crippen LogP contribution in [0.1, 0.15) is 12.0 Å². The minimum atomic E-state index is -0.176. The number of aromatic amines is 1. The van der Waals surface area contributed by atoms with Crippen LogP contribution in [0.25, 0.3) is 11.0 Å². The quantitative estimate of drug-likeness (QED) is 0.311. The zero-order chi connectivity index (χ0) is 21.0. The molecule has 3 aromatic rings. The molecule has 0 saturated heterocycles. The topological polar surface area (TPSA) is 126 Å². The molecular formula is C19H26N8O2. The number of nitrogens with one attached hydrogen (secondary N) is 2. The third-order valence-electron chi connectivity index (χ3n) is 4.32. The van der Waals surface area contributed by atoms with Gasteiger partial charge >= 0.3 is 0 Å². The van der Waals surface area contributed by atoms with Crippen molar-refractivity contribution in [1.82, 2.24) is 24.6 Å². The van der Waals surface area contributed by atoms with E-state index in [-0.39, 0.29) is 5.56 Å². The maximum Gasteiger partial charge on any atom is 0.273 e. The number of fused-ring (bicyclic) bond motifs is 1. The van der Waals surface area contributed by atoms with E-state index in [0.717, 1.165) is 13.0 Å². The van der Waals surface area contributed by atoms with Gasteiger partial charge in [-0.1, -0.05) is 0 Å². The molecule has 3 heterocycles. The van der Waals surface area contributed by atoms with Gasteiger partial charge in [0.25, 0.3) is 5.56 Å². The predicted octanol–water partition coefficient (Wildman–Crippen LogP) is 1.33. The van der Waals surface area contributed by atoms with Crippen molar-refractivity contribution in [3.05, 3.63) is 40.3 Å². The highest BCUT2D eigenvalue weighted by atomic mass is 16.5. The van der Waals surface area contributed by atoms with Gasteiger partial charge in [-0.15, -0.1) is 0 Å². The van der Waals surface area contributed by atoms with Gasteiger partial charge in [-0.2, -0.15) is 0 Å². The average molecular weight is 398 g/mol. The summed E-state index contributed by atoms with van der Waals surface area (Å²) in [4.78, 5) is 26.9. The standard InChI is InChI=1S/C19H26N8O2/c1-21-19(29-9-5-8-26(2)3)13-11-22-16(10-14(13)20)23-15-7-6-12-17(24-15)27(4)25-18(12)28/h6-7,10-11H,5,8-9H2,1-4H3,(H,25,28)(H3,20,22,23,24). The molecule has 0 spiro atoms. The van der Waals surface area contributed by atoms with Gasteiger partial charge in [-0.3, -0.25) is 19.6 Å². The number of aryl methyl sites for hydroxylation is 1. The molecule has 0 atom stereocenters. The Balaban J connectivity index is 1.73. The molecule has 10 heteroatoms. The molecule has 0 bridgehead atoms. The normalized spacial score (nSPS) is 12.0. The van der Waals surface area contributed by atoms with E-state index in [4.69, 9.17) is 10.5 Å². The number of pyridine rings is 2. The molecule has 3 aromatic heterocycles. The highest BCUT2D eigenvalue weighted by Gasteiger charge is 2.12. The van der Waals surface area contributed by atoms with Crippen molar-refractivity contribution in [3.8, 4) is 0 Å². The number of aliphatic imine (C=N–C) groups is 1. The second-order valence-corrected chi connectivity index (χ2v) is 6.88. The summed E-state index contributed by atoms with van der Waals surface area (Å²) in [6.45, 7) is 1.47. The van der Waals surface area contributed by atoms with Crippen LogP contribution in [0.2, 0.25) is 0 Å². The second-order valence-electron chi connectivity index (χ2n) is 6.88. The summed E-state index contributed by atoms with van der Waals surface area (Å²) in [5.74, 6) is 1.54. The predicted molar refractivity (Wildman–Crippen MR) is 115 cm³/mol. The third-order valence-corrected chi connectivity index (χ3v) is 4.32. The molecule has 0 unspecified atom stereocenters. The van der Waals surface area contributed by atoms with E-state index in [0.29, 0.717) is 46.4 Å². The summed E-state index contributed by atoms with van der Waals surface area (Å²) >= 11 is 0. The largest absolute Gasteiger partial charge is 0.477 e. The van der Waals surface area contributed by atoms with Gasteiger partial charge in [0, 0.05) is 38.6 Å². The van der Waals surface area contributed by atoms with Crippen LogP contribution < -0.4 is 16.6 Å². The number of nitrogen functional groups attached to an aromatic ring is 1. The molecule has 0 saturated carbocycles. The Hall–Kier alpha value is -3.40. The fraction of sp³-hybridized carbons (Fsp3) is 0.368. The lowest BCUT2D eigenvalue weighted by atomic mass is 10.2. The van der Waals surface area contributed by atoms with Crippen molar-refractivity contribution in [2.45, 2.75) is 6.42 Å². The molecule has 0 aliphatic rings. The van der Waals surface area contributed by atoms with Gasteiger partial charge in [-0.05, 0) is 32.6 Å². The van der Waals surface area contributed by atoms with Crippen molar-refractivity contribution >= 4 is 34.3 Å². The van der Waals surface area contributed by atoms with Crippen LogP contribution in [0.3, 0.4) is 0 Å². The highest BCUT2D eigenvalue weighted by molar-refractivity contribution is 5.99. The molecule has 29 heavy (non-hydrogen) atoms. The van der Waals surface area contributed by atoms with Gasteiger partial charge in [0.1, 0.15) is 11.6 Å². The Bertz CT molecular complexity index is 1080. The number of H-pyrrole nitrogens is 1. The summed E-state index contributed by atoms with van der Waals surface area (Å²) in [7, 11) is 7.43. The van der Waals surface area contributed by atoms with Crippen LogP contribution in [0.15, 0.2) is 34.2 Å². The fourth-order valence-corrected chi connectivity index (χ4v) is 2.88. The molecule has 0 fully saturated rings. The zero-order valence-corrected chi connectivity index (χ0v) is 17.1. The SMILES string of the molecule is CN=C(OCCCN(C)C)c1cnc(Nc2ccc3c(=O)[nH]n(C)c3n2)cc1N. The molecular weight excluding hydrogens is 372 g/mol. The first-order valence-corrected chi connectivity index (χ1v) is 9.22. The zero-order valence-electron chi connectivity index (χ0n) is 17.1. The van der Waals surface area contributed by atoms with Gasteiger partial charge < -0.3 is 20.7 Å². The van der Waals surface area contributed by atoms with E-state index >= 15 is 0 Å². The number of nitrogens with zero attached hydrogens (tertiary/aromatic N) is 5. The Kier molecular flexibility index (Phi) is 6.13. The Morgan fingerprint density at radius 1 is 1.38 bits per heavy atom. The Labute approximate surface area is 168 Å². The number of hydrogen-bond acceptors (Lipinski definition) is 8. The minimum Gasteiger partial charge on any atom is -0.477 e. The molecule has 0 aliphatic heterocycles. The minimum absolute atomic E-state index is 0.176. The van der Waals surface area contributed by atoms with Crippen LogP contribution in [-0.2, 0) is 11.8 Å². The van der Waals surface area contributed by atoms with E-state index in [1.807, 2.05) is 14.1 Å². The number of rotatable bonds is 7. The summed E-state index contributed by atoms with van der Waals surface area (Å²) < 4.78 is 7.34. The van der Waals surface area contributed by atoms with Crippen molar-refractivity contribution < 1.29 is 4.74 Å². The monoisotopic (exact) mass is 398 g/mol. The van der Waals surface area contributed by atoms with Crippen molar-refractivity contribution in [2.24, 2.45) is 12.0 Å². The van der Waals surface area contributed by atoms with Crippen LogP contribution in [0.4, 0.5) is 17.3 Å². The summed E-state index contributed by atoms with van der Waals surface area (Å²) in [6, 6.07) is 5.13. The maximum absolute atomic E-state index is 11.8. The van der Waals surface area contributed by atoms with Crippen molar-refractivity contribution in [1.29, 1.82) is 0 Å². The highest BCUT2D eigenvalue weighted by Crippen LogP contribution is 2.20. The molecule has 154 valence electrons. The van der Waals surface area contributed by atoms with Crippen LogP contribution in [0.5, 0.6) is 0 Å². The van der Waals surface area contributed by atoms with Gasteiger partial charge in [0.2, 0.25) is 5.90 Å². The van der Waals surface area contributed by atoms with Crippen LogP contribution in [0, 0.1) is 0 Å². The second kappa shape index (κ2) is 8.74. The molecule has 10 nitrogen and oxygen atoms in total. The molecule has 0 amide bonds. The fourth-order valence-electron chi connectivity index (χ4n) is 2.88. The lowest BCUT2D eigenvalue weighted by Crippen LogP contribution is -2.17. The molecule has 0 aromatic carbocycles. The lowest BCUT2D eigenvalue weighted by molar-refractivity contribution is 0.272. The van der Waals surface area contributed by atoms with E-state index in [1.165, 1.54) is 0 Å². The Morgan fingerprint density at radius 3 is 2.86 bits per heavy atom. The summed E-state index contributed by atoms with van der Waals surface area (Å²) in [5.41, 5.74) is 7.71. The van der Waals surface area contributed by atoms with E-state index < -0.39 is 0 Å². The number of ether oxygens (including phenoxy) is 1. The molecule has 0 radical (unpaired) electrons. The number of nitrogens with two attached hydrogens (primary N) is 1. The summed E-state index contributed by atoms with van der Waals surface area (Å²) in [6.07, 6.45) is 2.51. The van der Waals surface area contributed by atoms with Crippen molar-refractivity contribution in [3.63, 3.8) is 0 Å². The van der Waals surface area contributed by atoms with Crippen molar-refractivity contribution in [2.75, 3.05) is 45.3 Å². The van der Waals surface area contributed by atoms with Gasteiger partial charge in [-0.25, -0.2) is 9.97 Å². The molecule has 3 rings (SSSR count). The first-order chi connectivity index (χ1) is 13.9. The van der Waals surface area contributed by atoms with E-state index in [2.05, 4.69) is 30.3 Å². The maximum atomic E-state index is 11.8. The smallest absolute Gasteiger partial charge is 0.273 e. The van der Waals surface area contributed by atoms with Gasteiger partial charge in [0.15, 0.2) is 5.65 Å². The molecule has 4 N–H and O–H groups in total. The van der Waals surface area contributed by atoms with Gasteiger partial charge in [0.05, 0.1) is 17.6 Å². The Morgan fingerprint density at radius 2 is 2.17 bits per heavy atom. The van der Waals surface area contributed by atoms with E-state index in [1.54, 1.807) is 43.2 Å². The third kappa shape index (κ3) is 4.72. The first-order valence-electron chi connectivity index (χ1n) is 9.22. The van der Waals surface area contributed by atoms with Crippen LogP contribution in [-0.4, -0.2) is 64.8 Å². The van der Waals surface area contributed by atoms with E-state index in [9.17, 15) is 4.79 Å². The molecule has 0 aliphatic carbocycles. The lowest BCUT2D eigenvalue weighted by Gasteiger charge is -2.13. The summed E-state index contributed by atoms with van der Waals surface area (Å²) in [5, 5.41) is 6.30. The number of hydrogen-bond donors (Lipinski definition) is 3.